The first-order valence-corrected chi connectivity index (χ1v) is 6.95. The largest absolute Gasteiger partial charge is 0.480 e. The molecule has 3 N–H and O–H groups in total. The van der Waals surface area contributed by atoms with Crippen LogP contribution in [0.2, 0.25) is 0 Å². The second kappa shape index (κ2) is 8.06. The van der Waals surface area contributed by atoms with E-state index >= 15 is 0 Å². The van der Waals surface area contributed by atoms with Gasteiger partial charge in [0.05, 0.1) is 6.10 Å². The summed E-state index contributed by atoms with van der Waals surface area (Å²) in [6.07, 6.45) is -0.0106. The predicted octanol–water partition coefficient (Wildman–Crippen LogP) is 0.279. The van der Waals surface area contributed by atoms with E-state index in [9.17, 15) is 14.7 Å². The van der Waals surface area contributed by atoms with Crippen molar-refractivity contribution in [1.82, 2.24) is 10.2 Å². The number of nitrogens with one attached hydrogen (secondary N) is 1. The number of hydrogen-bond acceptors (Lipinski definition) is 4. The normalized spacial score (nSPS) is 22.3. The summed E-state index contributed by atoms with van der Waals surface area (Å²) < 4.78 is 5.38. The molecule has 1 rings (SSSR count). The summed E-state index contributed by atoms with van der Waals surface area (Å²) in [5, 5.41) is 21.1. The van der Waals surface area contributed by atoms with Crippen LogP contribution in [0.5, 0.6) is 0 Å². The zero-order valence-electron chi connectivity index (χ0n) is 12.0. The molecule has 20 heavy (non-hydrogen) atoms. The number of carboxylic acid groups (broad SMARTS) is 1. The predicted molar refractivity (Wildman–Crippen MR) is 72.4 cm³/mol. The number of urea groups is 1. The van der Waals surface area contributed by atoms with Crippen LogP contribution in [0.1, 0.15) is 26.7 Å². The summed E-state index contributed by atoms with van der Waals surface area (Å²) in [4.78, 5) is 24.0. The Morgan fingerprint density at radius 1 is 1.45 bits per heavy atom. The number of rotatable bonds is 7. The molecule has 0 radical (unpaired) electrons. The lowest BCUT2D eigenvalue weighted by Gasteiger charge is -2.21. The van der Waals surface area contributed by atoms with Gasteiger partial charge in [-0.1, -0.05) is 13.8 Å². The highest BCUT2D eigenvalue weighted by molar-refractivity contribution is 5.83. The number of β-amino-alcohol motifs (C(OH)–C–C–N with tert-alkyl or cyclic N) is 1. The van der Waals surface area contributed by atoms with Crippen LogP contribution in [0.3, 0.4) is 0 Å². The van der Waals surface area contributed by atoms with Crippen LogP contribution >= 0.6 is 0 Å². The van der Waals surface area contributed by atoms with E-state index < -0.39 is 24.1 Å². The number of ether oxygens (including phenoxy) is 1. The smallest absolute Gasteiger partial charge is 0.326 e. The van der Waals surface area contributed by atoms with Crippen molar-refractivity contribution in [1.29, 1.82) is 0 Å². The van der Waals surface area contributed by atoms with Crippen molar-refractivity contribution in [3.8, 4) is 0 Å². The first-order valence-electron chi connectivity index (χ1n) is 6.95. The Morgan fingerprint density at radius 3 is 2.75 bits per heavy atom. The molecule has 116 valence electrons. The average molecular weight is 288 g/mol. The average Bonchev–Trinajstić information content (AvgIpc) is 2.75. The number of carbonyl (C=O) groups is 2. The van der Waals surface area contributed by atoms with Crippen LogP contribution in [-0.4, -0.2) is 65.6 Å². The third-order valence-electron chi connectivity index (χ3n) is 3.02. The van der Waals surface area contributed by atoms with E-state index in [0.717, 1.165) is 0 Å². The van der Waals surface area contributed by atoms with E-state index in [2.05, 4.69) is 19.2 Å². The van der Waals surface area contributed by atoms with E-state index in [0.29, 0.717) is 32.1 Å². The third kappa shape index (κ3) is 5.34. The van der Waals surface area contributed by atoms with Gasteiger partial charge in [-0.2, -0.15) is 0 Å². The van der Waals surface area contributed by atoms with E-state index in [4.69, 9.17) is 9.84 Å². The van der Waals surface area contributed by atoms with Gasteiger partial charge in [-0.15, -0.1) is 0 Å². The Balaban J connectivity index is 2.23. The number of carbonyl (C=O) groups excluding carboxylic acids is 1. The summed E-state index contributed by atoms with van der Waals surface area (Å²) in [6, 6.07) is -1.39. The number of aliphatic carboxylic acids is 1. The van der Waals surface area contributed by atoms with Gasteiger partial charge >= 0.3 is 12.0 Å². The summed E-state index contributed by atoms with van der Waals surface area (Å²) in [5.41, 5.74) is 0. The number of nitrogens with zero attached hydrogens (tertiary/aromatic N) is 1. The molecule has 2 atom stereocenters. The minimum absolute atomic E-state index is 0.0622. The standard InChI is InChI=1S/C13H24N2O5/c1-9(2)8-20-5-3-4-14-13(19)15-7-10(16)6-11(15)12(17)18/h9-11,16H,3-8H2,1-2H3,(H,14,19)(H,17,18). The minimum Gasteiger partial charge on any atom is -0.480 e. The van der Waals surface area contributed by atoms with Gasteiger partial charge in [0.1, 0.15) is 6.04 Å². The molecule has 1 heterocycles. The number of amides is 2. The highest BCUT2D eigenvalue weighted by atomic mass is 16.5. The van der Waals surface area contributed by atoms with Gasteiger partial charge in [-0.3, -0.25) is 0 Å². The van der Waals surface area contributed by atoms with E-state index in [1.54, 1.807) is 0 Å². The Kier molecular flexibility index (Phi) is 6.74. The highest BCUT2D eigenvalue weighted by Crippen LogP contribution is 2.17. The second-order valence-electron chi connectivity index (χ2n) is 5.45. The summed E-state index contributed by atoms with van der Waals surface area (Å²) in [6.45, 7) is 5.86. The Bertz CT molecular complexity index is 335. The van der Waals surface area contributed by atoms with Crippen molar-refractivity contribution in [2.24, 2.45) is 5.92 Å². The zero-order valence-corrected chi connectivity index (χ0v) is 12.0. The van der Waals surface area contributed by atoms with E-state index in [-0.39, 0.29) is 13.0 Å². The molecule has 0 aliphatic carbocycles. The molecule has 0 aromatic carbocycles. The molecule has 0 aromatic rings. The molecule has 7 heteroatoms. The van der Waals surface area contributed by atoms with Crippen molar-refractivity contribution >= 4 is 12.0 Å². The lowest BCUT2D eigenvalue weighted by atomic mass is 10.2. The molecule has 0 saturated carbocycles. The monoisotopic (exact) mass is 288 g/mol. The maximum Gasteiger partial charge on any atom is 0.326 e. The van der Waals surface area contributed by atoms with Gasteiger partial charge in [0.2, 0.25) is 0 Å². The first-order chi connectivity index (χ1) is 9.41. The Hall–Kier alpha value is -1.34. The molecule has 0 aromatic heterocycles. The molecule has 1 aliphatic rings. The lowest BCUT2D eigenvalue weighted by molar-refractivity contribution is -0.141. The van der Waals surface area contributed by atoms with Gasteiger partial charge < -0.3 is 25.2 Å². The van der Waals surface area contributed by atoms with Crippen LogP contribution in [0.15, 0.2) is 0 Å². The van der Waals surface area contributed by atoms with E-state index in [1.807, 2.05) is 0 Å². The molecule has 1 fully saturated rings. The van der Waals surface area contributed by atoms with E-state index in [1.165, 1.54) is 4.90 Å². The molecule has 0 spiro atoms. The fraction of sp³-hybridized carbons (Fsp3) is 0.846. The molecule has 2 amide bonds. The van der Waals surface area contributed by atoms with Gasteiger partial charge in [0.25, 0.3) is 0 Å². The number of likely N-dealkylation sites (tertiary alicyclic amines) is 1. The highest BCUT2D eigenvalue weighted by Gasteiger charge is 2.38. The van der Waals surface area contributed by atoms with Crippen molar-refractivity contribution in [3.05, 3.63) is 0 Å². The van der Waals surface area contributed by atoms with Crippen LogP contribution in [0, 0.1) is 5.92 Å². The number of hydrogen-bond donors (Lipinski definition) is 3. The first kappa shape index (κ1) is 16.7. The minimum atomic E-state index is -1.09. The van der Waals surface area contributed by atoms with Crippen molar-refractivity contribution in [2.45, 2.75) is 38.8 Å². The SMILES string of the molecule is CC(C)COCCCNC(=O)N1CC(O)CC1C(=O)O. The number of carboxylic acids is 1. The van der Waals surface area contributed by atoms with Crippen molar-refractivity contribution in [3.63, 3.8) is 0 Å². The van der Waals surface area contributed by atoms with Crippen LogP contribution in [0.25, 0.3) is 0 Å². The van der Waals surface area contributed by atoms with Gasteiger partial charge in [-0.05, 0) is 12.3 Å². The van der Waals surface area contributed by atoms with Crippen LogP contribution in [0.4, 0.5) is 4.79 Å². The second-order valence-corrected chi connectivity index (χ2v) is 5.45. The molecule has 7 nitrogen and oxygen atoms in total. The number of aliphatic hydroxyl groups is 1. The zero-order chi connectivity index (χ0) is 15.1. The van der Waals surface area contributed by atoms with Crippen LogP contribution < -0.4 is 5.32 Å². The maximum absolute atomic E-state index is 11.8. The summed E-state index contributed by atoms with van der Waals surface area (Å²) >= 11 is 0. The molecule has 1 aliphatic heterocycles. The molecule has 0 bridgehead atoms. The molecule has 1 saturated heterocycles. The van der Waals surface area contributed by atoms with Crippen molar-refractivity contribution in [2.75, 3.05) is 26.3 Å². The van der Waals surface area contributed by atoms with Gasteiger partial charge in [-0.25, -0.2) is 9.59 Å². The topological polar surface area (TPSA) is 99.1 Å². The third-order valence-corrected chi connectivity index (χ3v) is 3.02. The molecular weight excluding hydrogens is 264 g/mol. The quantitative estimate of drug-likeness (QED) is 0.584. The van der Waals surface area contributed by atoms with Crippen LogP contribution in [-0.2, 0) is 9.53 Å². The number of aliphatic hydroxyl groups excluding tert-OH is 1. The maximum atomic E-state index is 11.8. The van der Waals surface area contributed by atoms with Crippen molar-refractivity contribution < 1.29 is 24.5 Å². The Labute approximate surface area is 118 Å². The molecule has 2 unspecified atom stereocenters. The molecular formula is C13H24N2O5. The summed E-state index contributed by atoms with van der Waals surface area (Å²) in [7, 11) is 0. The Morgan fingerprint density at radius 2 is 2.15 bits per heavy atom. The lowest BCUT2D eigenvalue weighted by Crippen LogP contribution is -2.46. The summed E-state index contributed by atoms with van der Waals surface area (Å²) in [5.74, 6) is -0.607. The fourth-order valence-corrected chi connectivity index (χ4v) is 2.06. The van der Waals surface area contributed by atoms with Gasteiger partial charge in [0, 0.05) is 32.7 Å². The van der Waals surface area contributed by atoms with Gasteiger partial charge in [0.15, 0.2) is 0 Å². The fourth-order valence-electron chi connectivity index (χ4n) is 2.06.